The van der Waals surface area contributed by atoms with E-state index in [-0.39, 0.29) is 0 Å². The summed E-state index contributed by atoms with van der Waals surface area (Å²) in [7, 11) is 4.43. The van der Waals surface area contributed by atoms with Crippen LogP contribution in [0.1, 0.15) is 32.3 Å². The highest BCUT2D eigenvalue weighted by atomic mass is 15.2. The van der Waals surface area contributed by atoms with Crippen LogP contribution in [0.5, 0.6) is 0 Å². The highest BCUT2D eigenvalue weighted by molar-refractivity contribution is 5.52. The van der Waals surface area contributed by atoms with Crippen molar-refractivity contribution < 1.29 is 0 Å². The van der Waals surface area contributed by atoms with Gasteiger partial charge in [0.25, 0.3) is 0 Å². The molecule has 0 aliphatic carbocycles. The third-order valence-corrected chi connectivity index (χ3v) is 4.37. The van der Waals surface area contributed by atoms with E-state index < -0.39 is 0 Å². The molecule has 1 aliphatic rings. The Morgan fingerprint density at radius 3 is 2.76 bits per heavy atom. The minimum Gasteiger partial charge on any atom is -0.370 e. The van der Waals surface area contributed by atoms with Gasteiger partial charge in [-0.2, -0.15) is 0 Å². The summed E-state index contributed by atoms with van der Waals surface area (Å²) in [5.74, 6) is 0.682. The summed E-state index contributed by atoms with van der Waals surface area (Å²) < 4.78 is 0. The number of aromatic nitrogens is 1. The van der Waals surface area contributed by atoms with Crippen LogP contribution < -0.4 is 10.2 Å². The molecule has 4 nitrogen and oxygen atoms in total. The lowest BCUT2D eigenvalue weighted by atomic mass is 10.0. The van der Waals surface area contributed by atoms with E-state index in [1.54, 1.807) is 0 Å². The molecule has 21 heavy (non-hydrogen) atoms. The first-order valence-corrected chi connectivity index (χ1v) is 8.13. The van der Waals surface area contributed by atoms with Crippen LogP contribution in [-0.2, 0) is 6.54 Å². The van der Waals surface area contributed by atoms with E-state index in [0.717, 1.165) is 13.1 Å². The maximum atomic E-state index is 4.34. The minimum atomic E-state index is 0.634. The average molecular weight is 290 g/mol. The van der Waals surface area contributed by atoms with Crippen LogP contribution >= 0.6 is 0 Å². The van der Waals surface area contributed by atoms with Gasteiger partial charge in [0.05, 0.1) is 11.9 Å². The van der Waals surface area contributed by atoms with E-state index in [1.807, 2.05) is 12.4 Å². The number of hydrogen-bond donors (Lipinski definition) is 1. The molecule has 0 amide bonds. The van der Waals surface area contributed by atoms with E-state index >= 15 is 0 Å². The smallest absolute Gasteiger partial charge is 0.0598 e. The minimum absolute atomic E-state index is 0.634. The van der Waals surface area contributed by atoms with Crippen LogP contribution in [-0.4, -0.2) is 49.7 Å². The third-order valence-electron chi connectivity index (χ3n) is 4.37. The van der Waals surface area contributed by atoms with Gasteiger partial charge in [0.1, 0.15) is 0 Å². The highest BCUT2D eigenvalue weighted by Gasteiger charge is 2.22. The summed E-state index contributed by atoms with van der Waals surface area (Å²) in [6.45, 7) is 8.84. The van der Waals surface area contributed by atoms with Crippen LogP contribution in [0.3, 0.4) is 0 Å². The van der Waals surface area contributed by atoms with Gasteiger partial charge < -0.3 is 15.1 Å². The molecule has 1 N–H and O–H groups in total. The summed E-state index contributed by atoms with van der Waals surface area (Å²) in [5, 5.41) is 3.54. The molecule has 1 fully saturated rings. The molecule has 0 unspecified atom stereocenters. The Kier molecular flexibility index (Phi) is 6.00. The van der Waals surface area contributed by atoms with Gasteiger partial charge in [0.2, 0.25) is 0 Å². The molecular formula is C17H30N4. The predicted molar refractivity (Wildman–Crippen MR) is 89.7 cm³/mol. The largest absolute Gasteiger partial charge is 0.370 e. The van der Waals surface area contributed by atoms with Crippen molar-refractivity contribution in [2.75, 3.05) is 38.6 Å². The molecule has 0 atom stereocenters. The van der Waals surface area contributed by atoms with Gasteiger partial charge in [-0.05, 0) is 57.1 Å². The van der Waals surface area contributed by atoms with Crippen LogP contribution in [0.15, 0.2) is 18.5 Å². The quantitative estimate of drug-likeness (QED) is 0.871. The first kappa shape index (κ1) is 16.2. The number of pyridine rings is 1. The SMILES string of the molecule is CC(C)CNCc1ccncc1N(C)C1CCN(C)CC1. The molecule has 1 aromatic heterocycles. The first-order valence-electron chi connectivity index (χ1n) is 8.13. The fraction of sp³-hybridized carbons (Fsp3) is 0.706. The zero-order valence-corrected chi connectivity index (χ0v) is 14.0. The fourth-order valence-corrected chi connectivity index (χ4v) is 2.96. The van der Waals surface area contributed by atoms with Crippen LogP contribution in [0, 0.1) is 5.92 Å². The van der Waals surface area contributed by atoms with Crippen molar-refractivity contribution in [1.82, 2.24) is 15.2 Å². The molecule has 0 radical (unpaired) electrons. The van der Waals surface area contributed by atoms with Gasteiger partial charge >= 0.3 is 0 Å². The fourth-order valence-electron chi connectivity index (χ4n) is 2.96. The van der Waals surface area contributed by atoms with Crippen molar-refractivity contribution >= 4 is 5.69 Å². The molecule has 0 bridgehead atoms. The Morgan fingerprint density at radius 1 is 1.38 bits per heavy atom. The van der Waals surface area contributed by atoms with Gasteiger partial charge in [-0.3, -0.25) is 4.98 Å². The van der Waals surface area contributed by atoms with Crippen molar-refractivity contribution in [3.8, 4) is 0 Å². The Bertz CT molecular complexity index is 425. The van der Waals surface area contributed by atoms with E-state index in [9.17, 15) is 0 Å². The van der Waals surface area contributed by atoms with Gasteiger partial charge in [0.15, 0.2) is 0 Å². The molecule has 1 aliphatic heterocycles. The standard InChI is InChI=1S/C17H30N4/c1-14(2)11-19-12-15-5-8-18-13-17(15)21(4)16-6-9-20(3)10-7-16/h5,8,13-14,16,19H,6-7,9-12H2,1-4H3. The predicted octanol–water partition coefficient (Wildman–Crippen LogP) is 2.36. The third kappa shape index (κ3) is 4.68. The molecule has 2 rings (SSSR count). The maximum absolute atomic E-state index is 4.34. The molecule has 0 aromatic carbocycles. The van der Waals surface area contributed by atoms with Gasteiger partial charge in [0, 0.05) is 25.8 Å². The van der Waals surface area contributed by atoms with Crippen molar-refractivity contribution in [3.05, 3.63) is 24.0 Å². The molecular weight excluding hydrogens is 260 g/mol. The number of piperidine rings is 1. The summed E-state index contributed by atoms with van der Waals surface area (Å²) in [6, 6.07) is 2.78. The van der Waals surface area contributed by atoms with Crippen LogP contribution in [0.25, 0.3) is 0 Å². The lowest BCUT2D eigenvalue weighted by molar-refractivity contribution is 0.252. The topological polar surface area (TPSA) is 31.4 Å². The van der Waals surface area contributed by atoms with Gasteiger partial charge in [-0.25, -0.2) is 0 Å². The number of hydrogen-bond acceptors (Lipinski definition) is 4. The van der Waals surface area contributed by atoms with Crippen molar-refractivity contribution in [2.45, 2.75) is 39.3 Å². The summed E-state index contributed by atoms with van der Waals surface area (Å²) >= 11 is 0. The second-order valence-electron chi connectivity index (χ2n) is 6.67. The number of rotatable bonds is 6. The van der Waals surface area contributed by atoms with Crippen LogP contribution in [0.2, 0.25) is 0 Å². The Labute approximate surface area is 129 Å². The molecule has 1 aromatic rings. The van der Waals surface area contributed by atoms with Gasteiger partial charge in [-0.1, -0.05) is 13.8 Å². The van der Waals surface area contributed by atoms with Gasteiger partial charge in [-0.15, -0.1) is 0 Å². The second-order valence-corrected chi connectivity index (χ2v) is 6.67. The van der Waals surface area contributed by atoms with E-state index in [1.165, 1.54) is 37.2 Å². The van der Waals surface area contributed by atoms with E-state index in [0.29, 0.717) is 12.0 Å². The zero-order chi connectivity index (χ0) is 15.2. The molecule has 2 heterocycles. The van der Waals surface area contributed by atoms with Crippen LogP contribution in [0.4, 0.5) is 5.69 Å². The number of nitrogens with one attached hydrogen (secondary N) is 1. The zero-order valence-electron chi connectivity index (χ0n) is 14.0. The Morgan fingerprint density at radius 2 is 2.10 bits per heavy atom. The maximum Gasteiger partial charge on any atom is 0.0598 e. The average Bonchev–Trinajstić information content (AvgIpc) is 2.47. The monoisotopic (exact) mass is 290 g/mol. The molecule has 1 saturated heterocycles. The second kappa shape index (κ2) is 7.76. The van der Waals surface area contributed by atoms with Crippen molar-refractivity contribution in [3.63, 3.8) is 0 Å². The lowest BCUT2D eigenvalue weighted by Crippen LogP contribution is -2.42. The van der Waals surface area contributed by atoms with E-state index in [4.69, 9.17) is 0 Å². The molecule has 0 spiro atoms. The lowest BCUT2D eigenvalue weighted by Gasteiger charge is -2.37. The van der Waals surface area contributed by atoms with Crippen molar-refractivity contribution in [1.29, 1.82) is 0 Å². The Hall–Kier alpha value is -1.13. The summed E-state index contributed by atoms with van der Waals surface area (Å²) in [5.41, 5.74) is 2.63. The normalized spacial score (nSPS) is 17.4. The number of anilines is 1. The van der Waals surface area contributed by atoms with E-state index in [2.05, 4.69) is 54.1 Å². The van der Waals surface area contributed by atoms with Crippen molar-refractivity contribution in [2.24, 2.45) is 5.92 Å². The summed E-state index contributed by atoms with van der Waals surface area (Å²) in [4.78, 5) is 9.19. The molecule has 0 saturated carbocycles. The summed E-state index contributed by atoms with van der Waals surface area (Å²) in [6.07, 6.45) is 6.39. The number of likely N-dealkylation sites (tertiary alicyclic amines) is 1. The number of nitrogens with zero attached hydrogens (tertiary/aromatic N) is 3. The molecule has 4 heteroatoms. The highest BCUT2D eigenvalue weighted by Crippen LogP contribution is 2.24. The first-order chi connectivity index (χ1) is 10.1. The Balaban J connectivity index is 2.01. The molecule has 118 valence electrons.